The Kier molecular flexibility index (Phi) is 4.34. The van der Waals surface area contributed by atoms with Gasteiger partial charge >= 0.3 is 0 Å². The molecule has 1 aromatic heterocycles. The minimum Gasteiger partial charge on any atom is -0.486 e. The third-order valence-corrected chi connectivity index (χ3v) is 2.75. The molecule has 20 heavy (non-hydrogen) atoms. The third kappa shape index (κ3) is 3.57. The molecule has 0 amide bonds. The van der Waals surface area contributed by atoms with Crippen molar-refractivity contribution in [1.29, 1.82) is 5.41 Å². The molecule has 106 valence electrons. The Morgan fingerprint density at radius 2 is 2.25 bits per heavy atom. The minimum absolute atomic E-state index is 0.0263. The van der Waals surface area contributed by atoms with E-state index in [9.17, 15) is 0 Å². The van der Waals surface area contributed by atoms with E-state index in [-0.39, 0.29) is 5.84 Å². The van der Waals surface area contributed by atoms with Crippen molar-refractivity contribution in [2.45, 2.75) is 27.0 Å². The Labute approximate surface area is 118 Å². The van der Waals surface area contributed by atoms with E-state index in [0.29, 0.717) is 23.8 Å². The van der Waals surface area contributed by atoms with E-state index in [1.54, 1.807) is 12.1 Å². The predicted molar refractivity (Wildman–Crippen MR) is 76.7 cm³/mol. The van der Waals surface area contributed by atoms with Crippen LogP contribution in [0.15, 0.2) is 30.6 Å². The van der Waals surface area contributed by atoms with E-state index in [1.165, 1.54) is 6.33 Å². The van der Waals surface area contributed by atoms with Gasteiger partial charge in [0.1, 0.15) is 24.5 Å². The number of ether oxygens (including phenoxy) is 1. The zero-order chi connectivity index (χ0) is 14.5. The molecular formula is C14H19N5O. The Morgan fingerprint density at radius 1 is 1.45 bits per heavy atom. The summed E-state index contributed by atoms with van der Waals surface area (Å²) in [5.74, 6) is 1.97. The smallest absolute Gasteiger partial charge is 0.164 e. The molecule has 1 aromatic carbocycles. The first-order valence-corrected chi connectivity index (χ1v) is 6.50. The molecule has 0 unspecified atom stereocenters. The molecular weight excluding hydrogens is 254 g/mol. The van der Waals surface area contributed by atoms with Gasteiger partial charge in [0.15, 0.2) is 5.82 Å². The fraction of sp³-hybridized carbons (Fsp3) is 0.357. The molecule has 0 saturated carbocycles. The number of benzene rings is 1. The van der Waals surface area contributed by atoms with Gasteiger partial charge in [0.25, 0.3) is 0 Å². The molecule has 1 heterocycles. The summed E-state index contributed by atoms with van der Waals surface area (Å²) < 4.78 is 7.53. The van der Waals surface area contributed by atoms with E-state index in [0.717, 1.165) is 12.4 Å². The number of hydrogen-bond acceptors (Lipinski definition) is 4. The average molecular weight is 273 g/mol. The van der Waals surface area contributed by atoms with Crippen molar-refractivity contribution in [3.05, 3.63) is 42.0 Å². The summed E-state index contributed by atoms with van der Waals surface area (Å²) >= 11 is 0. The monoisotopic (exact) mass is 273 g/mol. The highest BCUT2D eigenvalue weighted by Gasteiger charge is 2.07. The highest BCUT2D eigenvalue weighted by molar-refractivity contribution is 5.95. The number of hydrogen-bond donors (Lipinski definition) is 2. The lowest BCUT2D eigenvalue weighted by Gasteiger charge is -2.10. The molecule has 0 radical (unpaired) electrons. The molecule has 2 aromatic rings. The topological polar surface area (TPSA) is 89.8 Å². The first-order chi connectivity index (χ1) is 9.56. The van der Waals surface area contributed by atoms with Crippen LogP contribution in [0.2, 0.25) is 0 Å². The molecule has 0 aliphatic heterocycles. The summed E-state index contributed by atoms with van der Waals surface area (Å²) in [5.41, 5.74) is 6.10. The molecule has 0 atom stereocenters. The predicted octanol–water partition coefficient (Wildman–Crippen LogP) is 1.80. The summed E-state index contributed by atoms with van der Waals surface area (Å²) in [6.07, 6.45) is 1.53. The zero-order valence-corrected chi connectivity index (χ0v) is 11.7. The van der Waals surface area contributed by atoms with E-state index < -0.39 is 0 Å². The first kappa shape index (κ1) is 14.0. The Morgan fingerprint density at radius 3 is 2.95 bits per heavy atom. The number of nitrogen functional groups attached to an aromatic ring is 1. The van der Waals surface area contributed by atoms with Crippen LogP contribution >= 0.6 is 0 Å². The molecule has 0 aliphatic carbocycles. The lowest BCUT2D eigenvalue weighted by atomic mass is 10.2. The summed E-state index contributed by atoms with van der Waals surface area (Å²) in [4.78, 5) is 4.20. The van der Waals surface area contributed by atoms with Crippen LogP contribution in [0, 0.1) is 11.3 Å². The largest absolute Gasteiger partial charge is 0.486 e. The molecule has 0 spiro atoms. The molecule has 0 saturated heterocycles. The van der Waals surface area contributed by atoms with Crippen molar-refractivity contribution in [2.75, 3.05) is 0 Å². The van der Waals surface area contributed by atoms with Crippen LogP contribution in [0.5, 0.6) is 5.75 Å². The summed E-state index contributed by atoms with van der Waals surface area (Å²) in [5, 5.41) is 11.6. The average Bonchev–Trinajstić information content (AvgIpc) is 2.83. The van der Waals surface area contributed by atoms with Crippen LogP contribution in [0.1, 0.15) is 25.2 Å². The first-order valence-electron chi connectivity index (χ1n) is 6.50. The number of amidine groups is 1. The lowest BCUT2D eigenvalue weighted by molar-refractivity contribution is 0.282. The van der Waals surface area contributed by atoms with Gasteiger partial charge in [-0.2, -0.15) is 5.10 Å². The van der Waals surface area contributed by atoms with Gasteiger partial charge in [-0.15, -0.1) is 0 Å². The lowest BCUT2D eigenvalue weighted by Crippen LogP contribution is -2.13. The fourth-order valence-electron chi connectivity index (χ4n) is 1.80. The van der Waals surface area contributed by atoms with Crippen LogP contribution in [-0.4, -0.2) is 20.6 Å². The number of nitrogens with one attached hydrogen (secondary N) is 1. The van der Waals surface area contributed by atoms with E-state index in [4.69, 9.17) is 15.9 Å². The van der Waals surface area contributed by atoms with Crippen LogP contribution in [0.25, 0.3) is 0 Å². The van der Waals surface area contributed by atoms with Crippen molar-refractivity contribution < 1.29 is 4.74 Å². The molecule has 6 nitrogen and oxygen atoms in total. The van der Waals surface area contributed by atoms with Gasteiger partial charge in [0.05, 0.1) is 0 Å². The van der Waals surface area contributed by atoms with E-state index >= 15 is 0 Å². The van der Waals surface area contributed by atoms with Gasteiger partial charge in [-0.05, 0) is 18.1 Å². The third-order valence-electron chi connectivity index (χ3n) is 2.75. The normalized spacial score (nSPS) is 10.8. The maximum atomic E-state index is 7.41. The van der Waals surface area contributed by atoms with Crippen molar-refractivity contribution in [3.63, 3.8) is 0 Å². The summed E-state index contributed by atoms with van der Waals surface area (Å²) in [7, 11) is 0. The highest BCUT2D eigenvalue weighted by atomic mass is 16.5. The van der Waals surface area contributed by atoms with Crippen LogP contribution in [0.4, 0.5) is 0 Å². The van der Waals surface area contributed by atoms with Gasteiger partial charge in [-0.3, -0.25) is 5.41 Å². The SMILES string of the molecule is CC(C)Cn1ncnc1COc1cccc(C(=N)N)c1. The summed E-state index contributed by atoms with van der Waals surface area (Å²) in [6, 6.07) is 7.16. The Balaban J connectivity index is 2.03. The van der Waals surface area contributed by atoms with Gasteiger partial charge in [0, 0.05) is 12.1 Å². The van der Waals surface area contributed by atoms with Crippen molar-refractivity contribution in [2.24, 2.45) is 11.7 Å². The van der Waals surface area contributed by atoms with Gasteiger partial charge in [-0.25, -0.2) is 9.67 Å². The zero-order valence-electron chi connectivity index (χ0n) is 11.7. The quantitative estimate of drug-likeness (QED) is 0.620. The number of aromatic nitrogens is 3. The van der Waals surface area contributed by atoms with Gasteiger partial charge in [-0.1, -0.05) is 26.0 Å². The van der Waals surface area contributed by atoms with E-state index in [2.05, 4.69) is 23.9 Å². The molecule has 0 bridgehead atoms. The Hall–Kier alpha value is -2.37. The molecule has 2 rings (SSSR count). The second-order valence-electron chi connectivity index (χ2n) is 4.98. The summed E-state index contributed by atoms with van der Waals surface area (Å²) in [6.45, 7) is 5.41. The minimum atomic E-state index is 0.0263. The van der Waals surface area contributed by atoms with Crippen LogP contribution < -0.4 is 10.5 Å². The second kappa shape index (κ2) is 6.18. The highest BCUT2D eigenvalue weighted by Crippen LogP contribution is 2.14. The number of nitrogens with two attached hydrogens (primary N) is 1. The number of nitrogens with zero attached hydrogens (tertiary/aromatic N) is 3. The molecule has 3 N–H and O–H groups in total. The van der Waals surface area contributed by atoms with Crippen LogP contribution in [0.3, 0.4) is 0 Å². The maximum absolute atomic E-state index is 7.41. The standard InChI is InChI=1S/C14H19N5O/c1-10(2)7-19-13(17-9-18-19)8-20-12-5-3-4-11(6-12)14(15)16/h3-6,9-10H,7-8H2,1-2H3,(H3,15,16). The molecule has 0 fully saturated rings. The molecule has 0 aliphatic rings. The Bertz CT molecular complexity index is 591. The molecule has 6 heteroatoms. The second-order valence-corrected chi connectivity index (χ2v) is 4.98. The van der Waals surface area contributed by atoms with Crippen molar-refractivity contribution in [1.82, 2.24) is 14.8 Å². The van der Waals surface area contributed by atoms with E-state index in [1.807, 2.05) is 16.8 Å². The van der Waals surface area contributed by atoms with Gasteiger partial charge in [0.2, 0.25) is 0 Å². The fourth-order valence-corrected chi connectivity index (χ4v) is 1.80. The maximum Gasteiger partial charge on any atom is 0.164 e. The van der Waals surface area contributed by atoms with Gasteiger partial charge < -0.3 is 10.5 Å². The van der Waals surface area contributed by atoms with Crippen LogP contribution in [-0.2, 0) is 13.2 Å². The number of rotatable bonds is 6. The van der Waals surface area contributed by atoms with Crippen molar-refractivity contribution in [3.8, 4) is 5.75 Å². The van der Waals surface area contributed by atoms with Crippen molar-refractivity contribution >= 4 is 5.84 Å².